The molecule has 2 aliphatic rings. The first-order chi connectivity index (χ1) is 14.5. The summed E-state index contributed by atoms with van der Waals surface area (Å²) < 4.78 is 18.9. The molecule has 2 aromatic rings. The van der Waals surface area contributed by atoms with Crippen LogP contribution in [0.2, 0.25) is 0 Å². The molecule has 9 heteroatoms. The van der Waals surface area contributed by atoms with E-state index in [1.807, 2.05) is 0 Å². The zero-order valence-corrected chi connectivity index (χ0v) is 16.4. The quantitative estimate of drug-likeness (QED) is 0.758. The Kier molecular flexibility index (Phi) is 5.26. The highest BCUT2D eigenvalue weighted by Crippen LogP contribution is 2.36. The predicted octanol–water partition coefficient (Wildman–Crippen LogP) is 1.92. The van der Waals surface area contributed by atoms with Gasteiger partial charge in [0, 0.05) is 6.54 Å². The number of carbonyl (C=O) groups excluding carboxylic acids is 3. The third-order valence-electron chi connectivity index (χ3n) is 5.17. The second kappa shape index (κ2) is 8.02. The lowest BCUT2D eigenvalue weighted by molar-refractivity contribution is -0.132. The fourth-order valence-electron chi connectivity index (χ4n) is 3.77. The Morgan fingerprint density at radius 2 is 2.13 bits per heavy atom. The highest BCUT2D eigenvalue weighted by Gasteiger charge is 2.44. The molecule has 3 heterocycles. The maximum Gasteiger partial charge on any atom is 0.322 e. The number of urea groups is 1. The number of nitrogens with one attached hydrogen (secondary N) is 2. The minimum Gasteiger partial charge on any atom is -0.467 e. The van der Waals surface area contributed by atoms with Crippen LogP contribution < -0.4 is 10.6 Å². The number of benzene rings is 1. The molecule has 156 valence electrons. The van der Waals surface area contributed by atoms with Crippen molar-refractivity contribution in [2.45, 2.75) is 19.5 Å². The second-order valence-corrected chi connectivity index (χ2v) is 7.06. The molecule has 0 bridgehead atoms. The van der Waals surface area contributed by atoms with Gasteiger partial charge in [0.1, 0.15) is 18.1 Å². The Labute approximate surface area is 172 Å². The molecule has 0 aliphatic carbocycles. The number of rotatable bonds is 6. The Balaban J connectivity index is 1.54. The molecular formula is C21H21FN4O4. The summed E-state index contributed by atoms with van der Waals surface area (Å²) in [5.74, 6) is -0.553. The number of hydrogen-bond donors (Lipinski definition) is 2. The SMILES string of the molecule is CCN1C(=O)NC(c2cccc(F)c2)C2=C1CN(CC(=O)NCc1ccco1)C2=O. The summed E-state index contributed by atoms with van der Waals surface area (Å²) in [4.78, 5) is 40.9. The van der Waals surface area contributed by atoms with Crippen molar-refractivity contribution in [1.29, 1.82) is 0 Å². The van der Waals surface area contributed by atoms with Gasteiger partial charge in [0.25, 0.3) is 5.91 Å². The molecular weight excluding hydrogens is 391 g/mol. The molecule has 1 aromatic heterocycles. The van der Waals surface area contributed by atoms with Crippen LogP contribution in [0.3, 0.4) is 0 Å². The van der Waals surface area contributed by atoms with Crippen molar-refractivity contribution in [2.24, 2.45) is 0 Å². The average Bonchev–Trinajstić information content (AvgIpc) is 3.35. The van der Waals surface area contributed by atoms with E-state index < -0.39 is 11.9 Å². The van der Waals surface area contributed by atoms with Gasteiger partial charge >= 0.3 is 6.03 Å². The van der Waals surface area contributed by atoms with Gasteiger partial charge in [-0.15, -0.1) is 0 Å². The van der Waals surface area contributed by atoms with Gasteiger partial charge in [-0.3, -0.25) is 14.5 Å². The zero-order chi connectivity index (χ0) is 21.3. The molecule has 0 fully saturated rings. The molecule has 4 amide bonds. The standard InChI is InChI=1S/C21H21FN4O4/c1-2-26-16-11-25(12-17(27)23-10-15-7-4-8-30-15)20(28)18(16)19(24-21(26)29)13-5-3-6-14(22)9-13/h3-9,19H,2,10-12H2,1H3,(H,23,27)(H,24,29). The molecule has 1 atom stereocenters. The van der Waals surface area contributed by atoms with E-state index >= 15 is 0 Å². The van der Waals surface area contributed by atoms with E-state index in [0.29, 0.717) is 29.1 Å². The summed E-state index contributed by atoms with van der Waals surface area (Å²) in [7, 11) is 0. The lowest BCUT2D eigenvalue weighted by atomic mass is 9.95. The topological polar surface area (TPSA) is 94.9 Å². The lowest BCUT2D eigenvalue weighted by Crippen LogP contribution is -2.47. The number of amides is 4. The maximum absolute atomic E-state index is 13.8. The van der Waals surface area contributed by atoms with Crippen molar-refractivity contribution in [3.63, 3.8) is 0 Å². The fourth-order valence-corrected chi connectivity index (χ4v) is 3.77. The van der Waals surface area contributed by atoms with Crippen LogP contribution in [0.15, 0.2) is 58.3 Å². The van der Waals surface area contributed by atoms with E-state index in [2.05, 4.69) is 10.6 Å². The van der Waals surface area contributed by atoms with Crippen LogP contribution in [0, 0.1) is 5.82 Å². The van der Waals surface area contributed by atoms with Gasteiger partial charge in [0.05, 0.1) is 36.7 Å². The highest BCUT2D eigenvalue weighted by molar-refractivity contribution is 6.03. The number of halogens is 1. The molecule has 4 rings (SSSR count). The van der Waals surface area contributed by atoms with Crippen LogP contribution in [0.5, 0.6) is 0 Å². The van der Waals surface area contributed by atoms with E-state index in [9.17, 15) is 18.8 Å². The van der Waals surface area contributed by atoms with E-state index in [0.717, 1.165) is 0 Å². The maximum atomic E-state index is 13.8. The normalized spacial score (nSPS) is 18.5. The van der Waals surface area contributed by atoms with Gasteiger partial charge in [0.15, 0.2) is 0 Å². The van der Waals surface area contributed by atoms with Gasteiger partial charge < -0.3 is 20.0 Å². The zero-order valence-electron chi connectivity index (χ0n) is 16.4. The third kappa shape index (κ3) is 3.66. The highest BCUT2D eigenvalue weighted by atomic mass is 19.1. The van der Waals surface area contributed by atoms with Crippen molar-refractivity contribution < 1.29 is 23.2 Å². The second-order valence-electron chi connectivity index (χ2n) is 7.06. The number of nitrogens with zero attached hydrogens (tertiary/aromatic N) is 2. The number of carbonyl (C=O) groups is 3. The molecule has 2 aliphatic heterocycles. The summed E-state index contributed by atoms with van der Waals surface area (Å²) in [6.07, 6.45) is 1.51. The molecule has 8 nitrogen and oxygen atoms in total. The molecule has 1 unspecified atom stereocenters. The molecule has 0 saturated carbocycles. The number of hydrogen-bond acceptors (Lipinski definition) is 4. The van der Waals surface area contributed by atoms with E-state index in [1.165, 1.54) is 34.3 Å². The molecule has 0 saturated heterocycles. The largest absolute Gasteiger partial charge is 0.467 e. The monoisotopic (exact) mass is 412 g/mol. The van der Waals surface area contributed by atoms with Crippen molar-refractivity contribution in [3.8, 4) is 0 Å². The van der Waals surface area contributed by atoms with Crippen molar-refractivity contribution in [2.75, 3.05) is 19.6 Å². The summed E-state index contributed by atoms with van der Waals surface area (Å²) in [5, 5.41) is 5.49. The number of furan rings is 1. The van der Waals surface area contributed by atoms with Gasteiger partial charge in [-0.05, 0) is 36.8 Å². The third-order valence-corrected chi connectivity index (χ3v) is 5.17. The molecule has 0 radical (unpaired) electrons. The minimum atomic E-state index is -0.769. The van der Waals surface area contributed by atoms with Crippen LogP contribution in [0.25, 0.3) is 0 Å². The summed E-state index contributed by atoms with van der Waals surface area (Å²) in [6.45, 7) is 2.36. The van der Waals surface area contributed by atoms with Crippen molar-refractivity contribution in [3.05, 3.63) is 71.1 Å². The first-order valence-electron chi connectivity index (χ1n) is 9.62. The smallest absolute Gasteiger partial charge is 0.322 e. The number of likely N-dealkylation sites (N-methyl/N-ethyl adjacent to an activating group) is 1. The lowest BCUT2D eigenvalue weighted by Gasteiger charge is -2.32. The fraction of sp³-hybridized carbons (Fsp3) is 0.286. The van der Waals surface area contributed by atoms with Crippen LogP contribution >= 0.6 is 0 Å². The average molecular weight is 412 g/mol. The van der Waals surface area contributed by atoms with Gasteiger partial charge in [-0.1, -0.05) is 12.1 Å². The molecule has 1 aromatic carbocycles. The van der Waals surface area contributed by atoms with Crippen LogP contribution in [-0.4, -0.2) is 47.3 Å². The summed E-state index contributed by atoms with van der Waals surface area (Å²) in [5.41, 5.74) is 1.38. The van der Waals surface area contributed by atoms with E-state index in [-0.39, 0.29) is 37.5 Å². The predicted molar refractivity (Wildman–Crippen MR) is 104 cm³/mol. The Morgan fingerprint density at radius 1 is 1.30 bits per heavy atom. The first kappa shape index (κ1) is 19.7. The van der Waals surface area contributed by atoms with Gasteiger partial charge in [-0.25, -0.2) is 9.18 Å². The Hall–Kier alpha value is -3.62. The van der Waals surface area contributed by atoms with E-state index in [1.54, 1.807) is 25.1 Å². The van der Waals surface area contributed by atoms with Crippen LogP contribution in [0.1, 0.15) is 24.3 Å². The van der Waals surface area contributed by atoms with Crippen molar-refractivity contribution in [1.82, 2.24) is 20.4 Å². The molecule has 30 heavy (non-hydrogen) atoms. The van der Waals surface area contributed by atoms with Gasteiger partial charge in [-0.2, -0.15) is 0 Å². The Bertz CT molecular complexity index is 1020. The van der Waals surface area contributed by atoms with E-state index in [4.69, 9.17) is 4.42 Å². The minimum absolute atomic E-state index is 0.134. The van der Waals surface area contributed by atoms with Gasteiger partial charge in [0.2, 0.25) is 5.91 Å². The molecule has 0 spiro atoms. The summed E-state index contributed by atoms with van der Waals surface area (Å²) in [6, 6.07) is 8.12. The first-order valence-corrected chi connectivity index (χ1v) is 9.62. The summed E-state index contributed by atoms with van der Waals surface area (Å²) >= 11 is 0. The van der Waals surface area contributed by atoms with Crippen LogP contribution in [-0.2, 0) is 16.1 Å². The van der Waals surface area contributed by atoms with Crippen molar-refractivity contribution >= 4 is 17.8 Å². The molecule has 2 N–H and O–H groups in total. The Morgan fingerprint density at radius 3 is 2.83 bits per heavy atom. The van der Waals surface area contributed by atoms with Crippen LogP contribution in [0.4, 0.5) is 9.18 Å².